The van der Waals surface area contributed by atoms with E-state index in [0.717, 1.165) is 38.5 Å². The zero-order chi connectivity index (χ0) is 21.6. The van der Waals surface area contributed by atoms with E-state index in [1.54, 1.807) is 6.92 Å². The lowest BCUT2D eigenvalue weighted by atomic mass is 9.84. The summed E-state index contributed by atoms with van der Waals surface area (Å²) in [5, 5.41) is 24.0. The van der Waals surface area contributed by atoms with Crippen LogP contribution in [0.15, 0.2) is 5.11 Å². The highest BCUT2D eigenvalue weighted by atomic mass is 16.5. The quantitative estimate of drug-likeness (QED) is 0.298. The van der Waals surface area contributed by atoms with Gasteiger partial charge >= 0.3 is 5.97 Å². The van der Waals surface area contributed by atoms with Crippen molar-refractivity contribution in [2.75, 3.05) is 0 Å². The van der Waals surface area contributed by atoms with Gasteiger partial charge in [-0.2, -0.15) is 0 Å². The molecule has 2 N–H and O–H groups in total. The van der Waals surface area contributed by atoms with E-state index in [4.69, 9.17) is 15.0 Å². The maximum absolute atomic E-state index is 11.2. The van der Waals surface area contributed by atoms with Gasteiger partial charge in [0.1, 0.15) is 0 Å². The fraction of sp³-hybridized carbons (Fsp3) is 0.952. The second kappa shape index (κ2) is 11.2. The Morgan fingerprint density at radius 1 is 1.10 bits per heavy atom. The summed E-state index contributed by atoms with van der Waals surface area (Å²) in [7, 11) is 0. The second-order valence-electron chi connectivity index (χ2n) is 8.88. The van der Waals surface area contributed by atoms with Crippen LogP contribution < -0.4 is 0 Å². The van der Waals surface area contributed by atoms with Crippen LogP contribution in [0.1, 0.15) is 72.6 Å². The highest BCUT2D eigenvalue weighted by Crippen LogP contribution is 2.36. The minimum atomic E-state index is -0.843. The predicted octanol–water partition coefficient (Wildman–Crippen LogP) is 4.30. The normalized spacial score (nSPS) is 32.2. The molecule has 0 aliphatic carbocycles. The van der Waals surface area contributed by atoms with Gasteiger partial charge in [0.2, 0.25) is 0 Å². The van der Waals surface area contributed by atoms with Crippen molar-refractivity contribution in [3.8, 4) is 0 Å². The molecule has 0 aromatic carbocycles. The van der Waals surface area contributed by atoms with Gasteiger partial charge in [-0.05, 0) is 51.0 Å². The van der Waals surface area contributed by atoms with Crippen molar-refractivity contribution in [2.45, 2.75) is 109 Å². The fourth-order valence-corrected chi connectivity index (χ4v) is 4.75. The SMILES string of the molecule is CCC[C@H](C[C@@H]1CC[C@H]([C@H](C)[C@H](O)[C@@H](C)[C@@H]2CC[C@H]([C@@H](C)C(=O)O)O2)O1)N=[N+]=[N-]. The monoisotopic (exact) mass is 411 g/mol. The third kappa shape index (κ3) is 6.32. The number of hydrogen-bond acceptors (Lipinski definition) is 5. The molecule has 0 radical (unpaired) electrons. The first-order valence-electron chi connectivity index (χ1n) is 11.0. The molecule has 0 aromatic heterocycles. The van der Waals surface area contributed by atoms with Gasteiger partial charge in [-0.3, -0.25) is 4.79 Å². The molecule has 29 heavy (non-hydrogen) atoms. The van der Waals surface area contributed by atoms with E-state index < -0.39 is 18.0 Å². The van der Waals surface area contributed by atoms with E-state index in [-0.39, 0.29) is 42.3 Å². The standard InChI is InChI=1S/C21H37N3O5/c1-5-6-15(23-24-22)11-16-7-8-17(28-16)12(2)20(25)13(3)18-9-10-19(29-18)14(4)21(26)27/h12-20,25H,5-11H2,1-4H3,(H,26,27)/t12-,13-,14+,15+,16-,17+,18-,19+,20-/m0/s1. The lowest BCUT2D eigenvalue weighted by molar-refractivity contribution is -0.147. The van der Waals surface area contributed by atoms with Gasteiger partial charge in [0.25, 0.3) is 0 Å². The molecule has 2 aliphatic rings. The van der Waals surface area contributed by atoms with Gasteiger partial charge in [-0.15, -0.1) is 0 Å². The van der Waals surface area contributed by atoms with Crippen LogP contribution in [-0.2, 0) is 14.3 Å². The van der Waals surface area contributed by atoms with Crippen molar-refractivity contribution in [3.05, 3.63) is 10.4 Å². The summed E-state index contributed by atoms with van der Waals surface area (Å²) in [6, 6.07) is -0.0343. The number of carboxylic acid groups (broad SMARTS) is 1. The second-order valence-corrected chi connectivity index (χ2v) is 8.88. The van der Waals surface area contributed by atoms with Crippen molar-refractivity contribution < 1.29 is 24.5 Å². The Labute approximate surface area is 173 Å². The topological polar surface area (TPSA) is 125 Å². The summed E-state index contributed by atoms with van der Waals surface area (Å²) < 4.78 is 12.2. The molecule has 166 valence electrons. The lowest BCUT2D eigenvalue weighted by Gasteiger charge is -2.32. The molecule has 0 saturated carbocycles. The number of aliphatic carboxylic acids is 1. The Balaban J connectivity index is 1.86. The van der Waals surface area contributed by atoms with Crippen LogP contribution in [0.2, 0.25) is 0 Å². The van der Waals surface area contributed by atoms with Crippen LogP contribution in [-0.4, -0.2) is 52.7 Å². The van der Waals surface area contributed by atoms with Gasteiger partial charge in [0.05, 0.1) is 36.4 Å². The average molecular weight is 412 g/mol. The zero-order valence-electron chi connectivity index (χ0n) is 18.1. The van der Waals surface area contributed by atoms with E-state index >= 15 is 0 Å². The highest BCUT2D eigenvalue weighted by Gasteiger charge is 2.41. The summed E-state index contributed by atoms with van der Waals surface area (Å²) in [6.07, 6.45) is 4.88. The summed E-state index contributed by atoms with van der Waals surface area (Å²) in [4.78, 5) is 14.2. The lowest BCUT2D eigenvalue weighted by Crippen LogP contribution is -2.39. The smallest absolute Gasteiger partial charge is 0.308 e. The Kier molecular flexibility index (Phi) is 9.21. The Morgan fingerprint density at radius 2 is 1.69 bits per heavy atom. The number of carbonyl (C=O) groups is 1. The van der Waals surface area contributed by atoms with E-state index in [1.807, 2.05) is 13.8 Å². The minimum Gasteiger partial charge on any atom is -0.481 e. The number of rotatable bonds is 11. The van der Waals surface area contributed by atoms with E-state index in [2.05, 4.69) is 16.9 Å². The molecule has 8 heteroatoms. The first kappa shape index (κ1) is 23.9. The summed E-state index contributed by atoms with van der Waals surface area (Å²) in [5.74, 6) is -1.51. The molecule has 2 heterocycles. The van der Waals surface area contributed by atoms with E-state index in [9.17, 15) is 15.0 Å². The largest absolute Gasteiger partial charge is 0.481 e. The maximum Gasteiger partial charge on any atom is 0.308 e. The highest BCUT2D eigenvalue weighted by molar-refractivity contribution is 5.70. The van der Waals surface area contributed by atoms with Crippen molar-refractivity contribution in [1.29, 1.82) is 0 Å². The third-order valence-electron chi connectivity index (χ3n) is 6.79. The van der Waals surface area contributed by atoms with Crippen LogP contribution in [0.4, 0.5) is 0 Å². The van der Waals surface area contributed by atoms with Gasteiger partial charge in [-0.25, -0.2) is 0 Å². The molecule has 8 nitrogen and oxygen atoms in total. The molecule has 9 atom stereocenters. The van der Waals surface area contributed by atoms with Crippen molar-refractivity contribution in [1.82, 2.24) is 0 Å². The molecule has 2 rings (SSSR count). The van der Waals surface area contributed by atoms with Gasteiger partial charge in [0, 0.05) is 22.8 Å². The first-order valence-corrected chi connectivity index (χ1v) is 11.0. The molecule has 2 fully saturated rings. The molecule has 0 spiro atoms. The van der Waals surface area contributed by atoms with Crippen LogP contribution in [0.3, 0.4) is 0 Å². The molecular weight excluding hydrogens is 374 g/mol. The number of aliphatic hydroxyl groups excluding tert-OH is 1. The molecule has 2 saturated heterocycles. The Bertz CT molecular complexity index is 583. The first-order chi connectivity index (χ1) is 13.8. The van der Waals surface area contributed by atoms with Crippen molar-refractivity contribution in [2.24, 2.45) is 22.9 Å². The fourth-order valence-electron chi connectivity index (χ4n) is 4.75. The van der Waals surface area contributed by atoms with Gasteiger partial charge < -0.3 is 19.7 Å². The van der Waals surface area contributed by atoms with Gasteiger partial charge in [-0.1, -0.05) is 32.3 Å². The molecule has 0 bridgehead atoms. The average Bonchev–Trinajstić information content (AvgIpc) is 3.36. The molecular formula is C21H37N3O5. The number of aliphatic hydroxyl groups is 1. The number of carboxylic acids is 1. The predicted molar refractivity (Wildman–Crippen MR) is 109 cm³/mol. The van der Waals surface area contributed by atoms with Crippen LogP contribution in [0.25, 0.3) is 10.4 Å². The number of hydrogen-bond donors (Lipinski definition) is 2. The van der Waals surface area contributed by atoms with Crippen LogP contribution in [0, 0.1) is 17.8 Å². The Hall–Kier alpha value is -1.34. The van der Waals surface area contributed by atoms with Gasteiger partial charge in [0.15, 0.2) is 0 Å². The summed E-state index contributed by atoms with van der Waals surface area (Å²) in [5.41, 5.74) is 8.74. The van der Waals surface area contributed by atoms with E-state index in [1.165, 1.54) is 0 Å². The minimum absolute atomic E-state index is 0.0269. The molecule has 2 aliphatic heterocycles. The molecule has 0 aromatic rings. The molecule has 0 amide bonds. The number of ether oxygens (including phenoxy) is 2. The summed E-state index contributed by atoms with van der Waals surface area (Å²) in [6.45, 7) is 7.74. The number of nitrogens with zero attached hydrogens (tertiary/aromatic N) is 3. The van der Waals surface area contributed by atoms with Crippen LogP contribution >= 0.6 is 0 Å². The number of azide groups is 1. The Morgan fingerprint density at radius 3 is 2.28 bits per heavy atom. The zero-order valence-corrected chi connectivity index (χ0v) is 18.1. The van der Waals surface area contributed by atoms with Crippen molar-refractivity contribution in [3.63, 3.8) is 0 Å². The molecule has 0 unspecified atom stereocenters. The summed E-state index contributed by atoms with van der Waals surface area (Å²) >= 11 is 0. The van der Waals surface area contributed by atoms with E-state index in [0.29, 0.717) is 6.42 Å². The maximum atomic E-state index is 11.2. The van der Waals surface area contributed by atoms with Crippen molar-refractivity contribution >= 4 is 5.97 Å². The third-order valence-corrected chi connectivity index (χ3v) is 6.79. The van der Waals surface area contributed by atoms with Crippen LogP contribution in [0.5, 0.6) is 0 Å².